The predicted molar refractivity (Wildman–Crippen MR) is 124 cm³/mol. The van der Waals surface area contributed by atoms with Gasteiger partial charge in [-0.3, -0.25) is 9.59 Å². The minimum Gasteiger partial charge on any atom is -0.497 e. The Labute approximate surface area is 181 Å². The third-order valence-electron chi connectivity index (χ3n) is 5.20. The molecule has 0 atom stereocenters. The minimum absolute atomic E-state index is 0.182. The van der Waals surface area contributed by atoms with E-state index in [2.05, 4.69) is 6.07 Å². The highest BCUT2D eigenvalue weighted by molar-refractivity contribution is 6.14. The summed E-state index contributed by atoms with van der Waals surface area (Å²) in [5.74, 6) is 0.265. The fourth-order valence-corrected chi connectivity index (χ4v) is 3.51. The lowest BCUT2D eigenvalue weighted by atomic mass is 9.93. The molecule has 0 saturated heterocycles. The van der Waals surface area contributed by atoms with E-state index in [1.165, 1.54) is 0 Å². The van der Waals surface area contributed by atoms with E-state index in [0.717, 1.165) is 22.3 Å². The van der Waals surface area contributed by atoms with Crippen LogP contribution >= 0.6 is 0 Å². The standard InChI is InChI=1S/C28H22O3/c1-31-26-14-12-22(13-15-26)27(29)19-28(30)25-17-23(20-8-4-2-5-9-20)16-24(18-25)21-10-6-3-7-11-21/h2-18H,19H2,1H3. The smallest absolute Gasteiger partial charge is 0.170 e. The van der Waals surface area contributed by atoms with Crippen LogP contribution in [-0.4, -0.2) is 18.7 Å². The quantitative estimate of drug-likeness (QED) is 0.260. The maximum atomic E-state index is 13.1. The zero-order chi connectivity index (χ0) is 21.6. The summed E-state index contributed by atoms with van der Waals surface area (Å²) in [6.07, 6.45) is -0.182. The molecule has 0 amide bonds. The van der Waals surface area contributed by atoms with E-state index in [9.17, 15) is 9.59 Å². The Hall–Kier alpha value is -3.98. The monoisotopic (exact) mass is 406 g/mol. The Morgan fingerprint density at radius 2 is 1.06 bits per heavy atom. The largest absolute Gasteiger partial charge is 0.497 e. The van der Waals surface area contributed by atoms with Crippen LogP contribution in [0.3, 0.4) is 0 Å². The van der Waals surface area contributed by atoms with Crippen molar-refractivity contribution >= 4 is 11.6 Å². The van der Waals surface area contributed by atoms with Gasteiger partial charge in [0.05, 0.1) is 13.5 Å². The van der Waals surface area contributed by atoms with Crippen molar-refractivity contribution in [2.24, 2.45) is 0 Å². The molecule has 0 fully saturated rings. The van der Waals surface area contributed by atoms with Crippen molar-refractivity contribution in [2.45, 2.75) is 6.42 Å². The lowest BCUT2D eigenvalue weighted by Crippen LogP contribution is -2.09. The van der Waals surface area contributed by atoms with Crippen molar-refractivity contribution in [3.8, 4) is 28.0 Å². The van der Waals surface area contributed by atoms with E-state index in [1.807, 2.05) is 72.8 Å². The van der Waals surface area contributed by atoms with E-state index in [1.54, 1.807) is 31.4 Å². The highest BCUT2D eigenvalue weighted by atomic mass is 16.5. The molecule has 0 unspecified atom stereocenters. The van der Waals surface area contributed by atoms with E-state index < -0.39 is 0 Å². The summed E-state index contributed by atoms with van der Waals surface area (Å²) >= 11 is 0. The van der Waals surface area contributed by atoms with Gasteiger partial charge in [-0.1, -0.05) is 60.7 Å². The van der Waals surface area contributed by atoms with E-state index in [0.29, 0.717) is 16.9 Å². The Morgan fingerprint density at radius 3 is 1.55 bits per heavy atom. The fraction of sp³-hybridized carbons (Fsp3) is 0.0714. The Bertz CT molecular complexity index is 1140. The van der Waals surface area contributed by atoms with Gasteiger partial charge in [-0.25, -0.2) is 0 Å². The van der Waals surface area contributed by atoms with Gasteiger partial charge in [0.1, 0.15) is 5.75 Å². The van der Waals surface area contributed by atoms with Gasteiger partial charge in [0.15, 0.2) is 11.6 Å². The van der Waals surface area contributed by atoms with Gasteiger partial charge in [-0.2, -0.15) is 0 Å². The number of hydrogen-bond donors (Lipinski definition) is 0. The minimum atomic E-state index is -0.209. The summed E-state index contributed by atoms with van der Waals surface area (Å²) in [6.45, 7) is 0. The molecule has 0 radical (unpaired) electrons. The number of rotatable bonds is 7. The average molecular weight is 406 g/mol. The first-order valence-corrected chi connectivity index (χ1v) is 10.1. The van der Waals surface area contributed by atoms with Crippen LogP contribution in [0.1, 0.15) is 27.1 Å². The van der Waals surface area contributed by atoms with E-state index >= 15 is 0 Å². The molecule has 152 valence electrons. The van der Waals surface area contributed by atoms with Crippen LogP contribution in [0.2, 0.25) is 0 Å². The Morgan fingerprint density at radius 1 is 0.581 bits per heavy atom. The molecule has 0 bridgehead atoms. The van der Waals surface area contributed by atoms with Gasteiger partial charge >= 0.3 is 0 Å². The van der Waals surface area contributed by atoms with E-state index in [-0.39, 0.29) is 18.0 Å². The van der Waals surface area contributed by atoms with Crippen LogP contribution in [0, 0.1) is 0 Å². The molecule has 4 aromatic rings. The van der Waals surface area contributed by atoms with E-state index in [4.69, 9.17) is 4.74 Å². The number of carbonyl (C=O) groups is 2. The number of Topliss-reactive ketones (excluding diaryl/α,β-unsaturated/α-hetero) is 2. The van der Waals surface area contributed by atoms with Crippen LogP contribution in [0.5, 0.6) is 5.75 Å². The van der Waals surface area contributed by atoms with Crippen molar-refractivity contribution in [2.75, 3.05) is 7.11 Å². The van der Waals surface area contributed by atoms with Crippen LogP contribution in [0.4, 0.5) is 0 Å². The van der Waals surface area contributed by atoms with Gasteiger partial charge in [0, 0.05) is 11.1 Å². The fourth-order valence-electron chi connectivity index (χ4n) is 3.51. The number of ketones is 2. The number of carbonyl (C=O) groups excluding carboxylic acids is 2. The van der Waals surface area contributed by atoms with Crippen LogP contribution in [0.15, 0.2) is 103 Å². The molecule has 3 nitrogen and oxygen atoms in total. The third-order valence-corrected chi connectivity index (χ3v) is 5.20. The predicted octanol–water partition coefficient (Wildman–Crippen LogP) is 6.48. The number of hydrogen-bond acceptors (Lipinski definition) is 3. The second-order valence-electron chi connectivity index (χ2n) is 7.28. The summed E-state index contributed by atoms with van der Waals surface area (Å²) in [6, 6.07) is 32.5. The Kier molecular flexibility index (Phi) is 6.04. The van der Waals surface area contributed by atoms with Gasteiger partial charge < -0.3 is 4.74 Å². The molecule has 4 aromatic carbocycles. The van der Waals surface area contributed by atoms with Crippen molar-refractivity contribution in [3.05, 3.63) is 114 Å². The number of benzene rings is 4. The lowest BCUT2D eigenvalue weighted by molar-refractivity contribution is 0.0894. The normalized spacial score (nSPS) is 10.5. The molecule has 0 heterocycles. The Balaban J connectivity index is 1.67. The average Bonchev–Trinajstić information content (AvgIpc) is 2.85. The van der Waals surface area contributed by atoms with Crippen LogP contribution in [0.25, 0.3) is 22.3 Å². The summed E-state index contributed by atoms with van der Waals surface area (Å²) in [4.78, 5) is 25.7. The molecular formula is C28H22O3. The second kappa shape index (κ2) is 9.23. The van der Waals surface area contributed by atoms with Crippen LogP contribution in [-0.2, 0) is 0 Å². The molecule has 4 rings (SSSR count). The molecular weight excluding hydrogens is 384 g/mol. The molecule has 0 aromatic heterocycles. The maximum Gasteiger partial charge on any atom is 0.170 e. The van der Waals surface area contributed by atoms with Crippen molar-refractivity contribution in [1.29, 1.82) is 0 Å². The van der Waals surface area contributed by atoms with Gasteiger partial charge in [0.2, 0.25) is 0 Å². The first-order chi connectivity index (χ1) is 15.1. The summed E-state index contributed by atoms with van der Waals surface area (Å²) in [5, 5.41) is 0. The molecule has 0 spiro atoms. The van der Waals surface area contributed by atoms with Gasteiger partial charge in [0.25, 0.3) is 0 Å². The molecule has 0 saturated carbocycles. The molecule has 0 aliphatic heterocycles. The first kappa shape index (κ1) is 20.3. The molecule has 3 heteroatoms. The van der Waals surface area contributed by atoms with Gasteiger partial charge in [-0.05, 0) is 64.7 Å². The number of ether oxygens (including phenoxy) is 1. The summed E-state index contributed by atoms with van der Waals surface area (Å²) in [7, 11) is 1.57. The van der Waals surface area contributed by atoms with Crippen molar-refractivity contribution in [3.63, 3.8) is 0 Å². The highest BCUT2D eigenvalue weighted by Gasteiger charge is 2.16. The third kappa shape index (κ3) is 4.78. The lowest BCUT2D eigenvalue weighted by Gasteiger charge is -2.10. The molecule has 0 N–H and O–H groups in total. The maximum absolute atomic E-state index is 13.1. The summed E-state index contributed by atoms with van der Waals surface area (Å²) < 4.78 is 5.13. The van der Waals surface area contributed by atoms with Crippen molar-refractivity contribution < 1.29 is 14.3 Å². The zero-order valence-corrected chi connectivity index (χ0v) is 17.2. The summed E-state index contributed by atoms with van der Waals surface area (Å²) in [5.41, 5.74) is 4.97. The topological polar surface area (TPSA) is 43.4 Å². The van der Waals surface area contributed by atoms with Gasteiger partial charge in [-0.15, -0.1) is 0 Å². The SMILES string of the molecule is COc1ccc(C(=O)CC(=O)c2cc(-c3ccccc3)cc(-c3ccccc3)c2)cc1. The molecule has 31 heavy (non-hydrogen) atoms. The zero-order valence-electron chi connectivity index (χ0n) is 17.2. The van der Waals surface area contributed by atoms with Crippen molar-refractivity contribution in [1.82, 2.24) is 0 Å². The molecule has 0 aliphatic carbocycles. The highest BCUT2D eigenvalue weighted by Crippen LogP contribution is 2.29. The van der Waals surface area contributed by atoms with Crippen LogP contribution < -0.4 is 4.74 Å². The molecule has 0 aliphatic rings. The number of methoxy groups -OCH3 is 1. The second-order valence-corrected chi connectivity index (χ2v) is 7.28. The first-order valence-electron chi connectivity index (χ1n) is 10.1.